The predicted octanol–water partition coefficient (Wildman–Crippen LogP) is 4.45. The third-order valence-electron chi connectivity index (χ3n) is 4.01. The molecule has 0 aliphatic carbocycles. The standard InChI is InChI=1S/C18H16ClF3N2O2/c19-14-3-1-2-12(10-14)17(25)23-15-11-13(18(20,21)22)4-5-16(15)24-6-8-26-9-7-24/h1-5,10-11H,6-9H2,(H,23,25). The predicted molar refractivity (Wildman–Crippen MR) is 93.9 cm³/mol. The summed E-state index contributed by atoms with van der Waals surface area (Å²) in [6.07, 6.45) is -4.50. The molecule has 4 nitrogen and oxygen atoms in total. The SMILES string of the molecule is O=C(Nc1cc(C(F)(F)F)ccc1N1CCOCC1)c1cccc(Cl)c1. The largest absolute Gasteiger partial charge is 0.416 e. The summed E-state index contributed by atoms with van der Waals surface area (Å²) in [4.78, 5) is 14.4. The highest BCUT2D eigenvalue weighted by atomic mass is 35.5. The fraction of sp³-hybridized carbons (Fsp3) is 0.278. The van der Waals surface area contributed by atoms with Crippen LogP contribution >= 0.6 is 11.6 Å². The van der Waals surface area contributed by atoms with Gasteiger partial charge in [0.25, 0.3) is 5.91 Å². The number of ether oxygens (including phenoxy) is 1. The zero-order chi connectivity index (χ0) is 18.7. The van der Waals surface area contributed by atoms with Gasteiger partial charge in [0.15, 0.2) is 0 Å². The molecule has 1 aliphatic heterocycles. The molecule has 0 radical (unpaired) electrons. The summed E-state index contributed by atoms with van der Waals surface area (Å²) in [7, 11) is 0. The van der Waals surface area contributed by atoms with Gasteiger partial charge in [-0.1, -0.05) is 17.7 Å². The first kappa shape index (κ1) is 18.5. The fourth-order valence-electron chi connectivity index (χ4n) is 2.72. The second-order valence-electron chi connectivity index (χ2n) is 5.79. The van der Waals surface area contributed by atoms with Crippen LogP contribution < -0.4 is 10.2 Å². The number of alkyl halides is 3. The van der Waals surface area contributed by atoms with Gasteiger partial charge in [-0.05, 0) is 36.4 Å². The molecule has 3 rings (SSSR count). The Labute approximate surface area is 153 Å². The molecule has 26 heavy (non-hydrogen) atoms. The lowest BCUT2D eigenvalue weighted by Gasteiger charge is -2.31. The van der Waals surface area contributed by atoms with Gasteiger partial charge in [0.2, 0.25) is 0 Å². The Morgan fingerprint density at radius 3 is 2.50 bits per heavy atom. The molecule has 0 atom stereocenters. The number of hydrogen-bond acceptors (Lipinski definition) is 3. The average Bonchev–Trinajstić information content (AvgIpc) is 2.61. The smallest absolute Gasteiger partial charge is 0.378 e. The van der Waals surface area contributed by atoms with Gasteiger partial charge in [-0.25, -0.2) is 0 Å². The quantitative estimate of drug-likeness (QED) is 0.850. The van der Waals surface area contributed by atoms with Crippen LogP contribution in [0.3, 0.4) is 0 Å². The number of anilines is 2. The van der Waals surface area contributed by atoms with Crippen LogP contribution in [0.1, 0.15) is 15.9 Å². The van der Waals surface area contributed by atoms with Crippen molar-refractivity contribution in [2.24, 2.45) is 0 Å². The first-order valence-corrected chi connectivity index (χ1v) is 8.33. The van der Waals surface area contributed by atoms with E-state index in [1.165, 1.54) is 12.1 Å². The van der Waals surface area contributed by atoms with Crippen molar-refractivity contribution in [3.8, 4) is 0 Å². The van der Waals surface area contributed by atoms with E-state index in [1.54, 1.807) is 18.2 Å². The number of hydrogen-bond donors (Lipinski definition) is 1. The van der Waals surface area contributed by atoms with Crippen molar-refractivity contribution in [2.45, 2.75) is 6.18 Å². The molecule has 0 aromatic heterocycles. The third kappa shape index (κ3) is 4.28. The summed E-state index contributed by atoms with van der Waals surface area (Å²) >= 11 is 5.88. The van der Waals surface area contributed by atoms with Gasteiger partial charge in [-0.3, -0.25) is 4.79 Å². The number of benzene rings is 2. The van der Waals surface area contributed by atoms with Crippen LogP contribution in [-0.4, -0.2) is 32.2 Å². The molecule has 1 fully saturated rings. The summed E-state index contributed by atoms with van der Waals surface area (Å²) in [6, 6.07) is 9.56. The molecular weight excluding hydrogens is 369 g/mol. The highest BCUT2D eigenvalue weighted by Crippen LogP contribution is 2.36. The van der Waals surface area contributed by atoms with Gasteiger partial charge < -0.3 is 15.0 Å². The van der Waals surface area contributed by atoms with E-state index in [1.807, 2.05) is 4.90 Å². The van der Waals surface area contributed by atoms with Gasteiger partial charge in [0, 0.05) is 23.7 Å². The molecule has 138 valence electrons. The van der Waals surface area contributed by atoms with Gasteiger partial charge >= 0.3 is 6.18 Å². The molecule has 2 aromatic carbocycles. The maximum atomic E-state index is 13.1. The molecule has 8 heteroatoms. The lowest BCUT2D eigenvalue weighted by Crippen LogP contribution is -2.36. The average molecular weight is 385 g/mol. The Kier molecular flexibility index (Phi) is 5.38. The number of halogens is 4. The Morgan fingerprint density at radius 2 is 1.85 bits per heavy atom. The minimum atomic E-state index is -4.50. The van der Waals surface area contributed by atoms with Crippen molar-refractivity contribution in [1.82, 2.24) is 0 Å². The van der Waals surface area contributed by atoms with Crippen molar-refractivity contribution < 1.29 is 22.7 Å². The van der Waals surface area contributed by atoms with E-state index >= 15 is 0 Å². The fourth-order valence-corrected chi connectivity index (χ4v) is 2.91. The lowest BCUT2D eigenvalue weighted by molar-refractivity contribution is -0.137. The van der Waals surface area contributed by atoms with Crippen LogP contribution in [-0.2, 0) is 10.9 Å². The number of rotatable bonds is 3. The molecule has 0 unspecified atom stereocenters. The van der Waals surface area contributed by atoms with E-state index in [2.05, 4.69) is 5.32 Å². The van der Waals surface area contributed by atoms with Gasteiger partial charge in [0.05, 0.1) is 30.2 Å². The van der Waals surface area contributed by atoms with Gasteiger partial charge in [0.1, 0.15) is 0 Å². The molecule has 1 aliphatic rings. The zero-order valence-electron chi connectivity index (χ0n) is 13.6. The van der Waals surface area contributed by atoms with E-state index in [0.717, 1.165) is 12.1 Å². The molecule has 0 bridgehead atoms. The molecule has 1 N–H and O–H groups in total. The first-order chi connectivity index (χ1) is 12.3. The second-order valence-corrected chi connectivity index (χ2v) is 6.23. The Morgan fingerprint density at radius 1 is 1.12 bits per heavy atom. The number of nitrogens with one attached hydrogen (secondary N) is 1. The number of carbonyl (C=O) groups excluding carboxylic acids is 1. The van der Waals surface area contributed by atoms with Gasteiger partial charge in [-0.2, -0.15) is 13.2 Å². The second kappa shape index (κ2) is 7.55. The summed E-state index contributed by atoms with van der Waals surface area (Å²) in [6.45, 7) is 2.02. The molecule has 1 heterocycles. The zero-order valence-corrected chi connectivity index (χ0v) is 14.4. The van der Waals surface area contributed by atoms with Crippen LogP contribution in [0.4, 0.5) is 24.5 Å². The normalized spacial score (nSPS) is 15.0. The van der Waals surface area contributed by atoms with Crippen molar-refractivity contribution in [3.05, 3.63) is 58.6 Å². The van der Waals surface area contributed by atoms with Crippen molar-refractivity contribution >= 4 is 28.9 Å². The lowest BCUT2D eigenvalue weighted by atomic mass is 10.1. The topological polar surface area (TPSA) is 41.6 Å². The van der Waals surface area contributed by atoms with E-state index in [9.17, 15) is 18.0 Å². The minimum Gasteiger partial charge on any atom is -0.378 e. The molecule has 0 spiro atoms. The van der Waals surface area contributed by atoms with E-state index in [4.69, 9.17) is 16.3 Å². The van der Waals surface area contributed by atoms with Crippen LogP contribution in [0.5, 0.6) is 0 Å². The van der Waals surface area contributed by atoms with E-state index in [-0.39, 0.29) is 11.3 Å². The van der Waals surface area contributed by atoms with Crippen LogP contribution in [0.2, 0.25) is 5.02 Å². The summed E-state index contributed by atoms with van der Waals surface area (Å²) in [5.74, 6) is -0.527. The molecular formula is C18H16ClF3N2O2. The van der Waals surface area contributed by atoms with Crippen molar-refractivity contribution in [3.63, 3.8) is 0 Å². The molecule has 1 saturated heterocycles. The maximum absolute atomic E-state index is 13.1. The van der Waals surface area contributed by atoms with Crippen LogP contribution in [0.25, 0.3) is 0 Å². The Balaban J connectivity index is 1.94. The number of amides is 1. The minimum absolute atomic E-state index is 0.103. The highest BCUT2D eigenvalue weighted by Gasteiger charge is 2.32. The monoisotopic (exact) mass is 384 g/mol. The van der Waals surface area contributed by atoms with Crippen LogP contribution in [0, 0.1) is 0 Å². The molecule has 2 aromatic rings. The number of nitrogens with zero attached hydrogens (tertiary/aromatic N) is 1. The summed E-state index contributed by atoms with van der Waals surface area (Å²) in [5, 5.41) is 2.95. The highest BCUT2D eigenvalue weighted by molar-refractivity contribution is 6.31. The van der Waals surface area contributed by atoms with E-state index < -0.39 is 17.6 Å². The van der Waals surface area contributed by atoms with Crippen molar-refractivity contribution in [1.29, 1.82) is 0 Å². The molecule has 1 amide bonds. The third-order valence-corrected chi connectivity index (χ3v) is 4.25. The Bertz CT molecular complexity index is 805. The molecule has 0 saturated carbocycles. The van der Waals surface area contributed by atoms with E-state index in [0.29, 0.717) is 37.0 Å². The maximum Gasteiger partial charge on any atom is 0.416 e. The number of morpholine rings is 1. The summed E-state index contributed by atoms with van der Waals surface area (Å²) in [5.41, 5.74) is 0.0714. The van der Waals surface area contributed by atoms with Crippen molar-refractivity contribution in [2.75, 3.05) is 36.5 Å². The Hall–Kier alpha value is -2.25. The van der Waals surface area contributed by atoms with Crippen LogP contribution in [0.15, 0.2) is 42.5 Å². The first-order valence-electron chi connectivity index (χ1n) is 7.95. The number of carbonyl (C=O) groups is 1. The summed E-state index contributed by atoms with van der Waals surface area (Å²) < 4.78 is 44.6. The van der Waals surface area contributed by atoms with Gasteiger partial charge in [-0.15, -0.1) is 0 Å².